The van der Waals surface area contributed by atoms with Crippen molar-refractivity contribution in [2.24, 2.45) is 0 Å². The van der Waals surface area contributed by atoms with Gasteiger partial charge in [-0.1, -0.05) is 42.1 Å². The van der Waals surface area contributed by atoms with Crippen LogP contribution >= 0.6 is 11.8 Å². The molecule has 1 heterocycles. The van der Waals surface area contributed by atoms with Crippen LogP contribution in [0.2, 0.25) is 0 Å². The molecular weight excluding hydrogens is 436 g/mol. The Hall–Kier alpha value is -3.45. The highest BCUT2D eigenvalue weighted by Gasteiger charge is 2.16. The van der Waals surface area contributed by atoms with Crippen LogP contribution < -0.4 is 9.47 Å². The lowest BCUT2D eigenvalue weighted by Crippen LogP contribution is -2.04. The van der Waals surface area contributed by atoms with Crippen molar-refractivity contribution < 1.29 is 19.0 Å². The maximum Gasteiger partial charge on any atom is 0.338 e. The van der Waals surface area contributed by atoms with Gasteiger partial charge < -0.3 is 18.8 Å². The van der Waals surface area contributed by atoms with Crippen molar-refractivity contribution in [1.82, 2.24) is 9.55 Å². The first kappa shape index (κ1) is 22.7. The predicted molar refractivity (Wildman–Crippen MR) is 130 cm³/mol. The summed E-state index contributed by atoms with van der Waals surface area (Å²) in [6.07, 6.45) is 0. The summed E-state index contributed by atoms with van der Waals surface area (Å²) in [7, 11) is 3.29. The molecule has 0 radical (unpaired) electrons. The standard InChI is InChI=1S/C26H26N2O4S/c1-4-32-25(29)20-10-11-24-23(14-20)27-26(28(24)16-18-8-6-5-7-9-18)33-17-19-12-21(30-2)15-22(13-19)31-3/h5-15H,4,16-17H2,1-3H3. The van der Waals surface area contributed by atoms with E-state index in [-0.39, 0.29) is 5.97 Å². The lowest BCUT2D eigenvalue weighted by Gasteiger charge is -2.11. The molecule has 0 spiro atoms. The molecule has 0 aliphatic rings. The molecule has 6 nitrogen and oxygen atoms in total. The van der Waals surface area contributed by atoms with Crippen molar-refractivity contribution >= 4 is 28.8 Å². The van der Waals surface area contributed by atoms with Gasteiger partial charge in [0.25, 0.3) is 0 Å². The number of thioether (sulfide) groups is 1. The van der Waals surface area contributed by atoms with Crippen molar-refractivity contribution in [3.8, 4) is 11.5 Å². The Morgan fingerprint density at radius 2 is 1.67 bits per heavy atom. The molecule has 0 aliphatic carbocycles. The third-order valence-electron chi connectivity index (χ3n) is 5.19. The molecule has 170 valence electrons. The van der Waals surface area contributed by atoms with Crippen LogP contribution in [-0.4, -0.2) is 36.3 Å². The van der Waals surface area contributed by atoms with Crippen LogP contribution in [-0.2, 0) is 17.0 Å². The van der Waals surface area contributed by atoms with Crippen LogP contribution in [0.5, 0.6) is 11.5 Å². The van der Waals surface area contributed by atoms with Crippen molar-refractivity contribution in [3.05, 3.63) is 83.4 Å². The maximum atomic E-state index is 12.2. The average Bonchev–Trinajstić information content (AvgIpc) is 3.19. The Bertz CT molecular complexity index is 1230. The number of rotatable bonds is 9. The van der Waals surface area contributed by atoms with E-state index < -0.39 is 0 Å². The lowest BCUT2D eigenvalue weighted by atomic mass is 10.2. The SMILES string of the molecule is CCOC(=O)c1ccc2c(c1)nc(SCc1cc(OC)cc(OC)c1)n2Cc1ccccc1. The van der Waals surface area contributed by atoms with Crippen molar-refractivity contribution in [1.29, 1.82) is 0 Å². The van der Waals surface area contributed by atoms with Crippen molar-refractivity contribution in [2.45, 2.75) is 24.4 Å². The molecule has 7 heteroatoms. The molecule has 0 bridgehead atoms. The first-order valence-corrected chi connectivity index (χ1v) is 11.7. The molecular formula is C26H26N2O4S. The molecule has 33 heavy (non-hydrogen) atoms. The van der Waals surface area contributed by atoms with E-state index in [1.165, 1.54) is 5.56 Å². The minimum Gasteiger partial charge on any atom is -0.497 e. The lowest BCUT2D eigenvalue weighted by molar-refractivity contribution is 0.0526. The van der Waals surface area contributed by atoms with Crippen LogP contribution in [0.25, 0.3) is 11.0 Å². The zero-order valence-electron chi connectivity index (χ0n) is 18.9. The third kappa shape index (κ3) is 5.31. The summed E-state index contributed by atoms with van der Waals surface area (Å²) in [6, 6.07) is 21.7. The summed E-state index contributed by atoms with van der Waals surface area (Å²) in [4.78, 5) is 17.1. The van der Waals surface area contributed by atoms with Gasteiger partial charge in [0.05, 0.1) is 44.0 Å². The topological polar surface area (TPSA) is 62.6 Å². The molecule has 1 aromatic heterocycles. The summed E-state index contributed by atoms with van der Waals surface area (Å²) in [5.74, 6) is 1.86. The first-order valence-electron chi connectivity index (χ1n) is 10.7. The fourth-order valence-corrected chi connectivity index (χ4v) is 4.52. The molecule has 0 N–H and O–H groups in total. The van der Waals surface area contributed by atoms with Gasteiger partial charge >= 0.3 is 5.97 Å². The summed E-state index contributed by atoms with van der Waals surface area (Å²) in [5.41, 5.74) is 4.49. The number of hydrogen-bond acceptors (Lipinski definition) is 6. The summed E-state index contributed by atoms with van der Waals surface area (Å²) in [5, 5.41) is 0.872. The Balaban J connectivity index is 1.69. The van der Waals surface area contributed by atoms with E-state index in [0.29, 0.717) is 24.5 Å². The number of nitrogens with zero attached hydrogens (tertiary/aromatic N) is 2. The number of methoxy groups -OCH3 is 2. The highest BCUT2D eigenvalue weighted by Crippen LogP contribution is 2.31. The fourth-order valence-electron chi connectivity index (χ4n) is 3.58. The molecule has 3 aromatic carbocycles. The molecule has 0 saturated carbocycles. The van der Waals surface area contributed by atoms with Crippen LogP contribution in [0, 0.1) is 0 Å². The number of hydrogen-bond donors (Lipinski definition) is 0. The molecule has 4 rings (SSSR count). The van der Waals surface area contributed by atoms with Crippen molar-refractivity contribution in [3.63, 3.8) is 0 Å². The van der Waals surface area contributed by atoms with Gasteiger partial charge in [0, 0.05) is 11.8 Å². The number of ether oxygens (including phenoxy) is 3. The van der Waals surface area contributed by atoms with Crippen LogP contribution in [0.1, 0.15) is 28.4 Å². The zero-order chi connectivity index (χ0) is 23.2. The number of imidazole rings is 1. The molecule has 4 aromatic rings. The minimum absolute atomic E-state index is 0.338. The molecule has 0 fully saturated rings. The highest BCUT2D eigenvalue weighted by atomic mass is 32.2. The van der Waals surface area contributed by atoms with Crippen molar-refractivity contribution in [2.75, 3.05) is 20.8 Å². The summed E-state index contributed by atoms with van der Waals surface area (Å²) in [6.45, 7) is 2.82. The summed E-state index contributed by atoms with van der Waals surface area (Å²) < 4.78 is 18.1. The van der Waals surface area contributed by atoms with E-state index in [0.717, 1.165) is 33.3 Å². The monoisotopic (exact) mass is 462 g/mol. The van der Waals surface area contributed by atoms with Gasteiger partial charge in [-0.2, -0.15) is 0 Å². The second kappa shape index (κ2) is 10.4. The number of fused-ring (bicyclic) bond motifs is 1. The Labute approximate surface area is 197 Å². The first-order chi connectivity index (χ1) is 16.1. The number of carbonyl (C=O) groups excluding carboxylic acids is 1. The molecule has 0 aliphatic heterocycles. The second-order valence-corrected chi connectivity index (χ2v) is 8.34. The van der Waals surface area contributed by atoms with Gasteiger partial charge in [0.15, 0.2) is 5.16 Å². The van der Waals surface area contributed by atoms with E-state index in [1.807, 2.05) is 42.5 Å². The smallest absolute Gasteiger partial charge is 0.338 e. The maximum absolute atomic E-state index is 12.2. The predicted octanol–water partition coefficient (Wildman–Crippen LogP) is 5.57. The largest absolute Gasteiger partial charge is 0.497 e. The van der Waals surface area contributed by atoms with E-state index in [2.05, 4.69) is 16.7 Å². The molecule has 0 unspecified atom stereocenters. The average molecular weight is 463 g/mol. The number of esters is 1. The third-order valence-corrected chi connectivity index (χ3v) is 6.23. The Morgan fingerprint density at radius 1 is 0.939 bits per heavy atom. The Morgan fingerprint density at radius 3 is 2.33 bits per heavy atom. The van der Waals surface area contributed by atoms with E-state index >= 15 is 0 Å². The van der Waals surface area contributed by atoms with Crippen LogP contribution in [0.4, 0.5) is 0 Å². The molecule has 0 amide bonds. The van der Waals surface area contributed by atoms with Gasteiger partial charge in [-0.3, -0.25) is 0 Å². The Kier molecular flexibility index (Phi) is 7.19. The highest BCUT2D eigenvalue weighted by molar-refractivity contribution is 7.98. The number of carbonyl (C=O) groups is 1. The minimum atomic E-state index is -0.338. The van der Waals surface area contributed by atoms with Gasteiger partial charge in [-0.15, -0.1) is 0 Å². The van der Waals surface area contributed by atoms with Crippen LogP contribution in [0.15, 0.2) is 71.9 Å². The van der Waals surface area contributed by atoms with Gasteiger partial charge in [-0.05, 0) is 48.4 Å². The van der Waals surface area contributed by atoms with E-state index in [9.17, 15) is 4.79 Å². The van der Waals surface area contributed by atoms with E-state index in [4.69, 9.17) is 19.2 Å². The number of benzene rings is 3. The molecule has 0 atom stereocenters. The fraction of sp³-hybridized carbons (Fsp3) is 0.231. The second-order valence-electron chi connectivity index (χ2n) is 7.40. The van der Waals surface area contributed by atoms with E-state index in [1.54, 1.807) is 45.0 Å². The van der Waals surface area contributed by atoms with Crippen LogP contribution in [0.3, 0.4) is 0 Å². The normalized spacial score (nSPS) is 10.9. The zero-order valence-corrected chi connectivity index (χ0v) is 19.7. The van der Waals surface area contributed by atoms with Gasteiger partial charge in [0.2, 0.25) is 0 Å². The number of aromatic nitrogens is 2. The van der Waals surface area contributed by atoms with Gasteiger partial charge in [-0.25, -0.2) is 9.78 Å². The van der Waals surface area contributed by atoms with Gasteiger partial charge in [0.1, 0.15) is 11.5 Å². The summed E-state index contributed by atoms with van der Waals surface area (Å²) >= 11 is 1.63. The quantitative estimate of drug-likeness (QED) is 0.239. The molecule has 0 saturated heterocycles.